The van der Waals surface area contributed by atoms with Crippen LogP contribution in [-0.4, -0.2) is 17.0 Å². The highest BCUT2D eigenvalue weighted by Gasteiger charge is 1.96. The van der Waals surface area contributed by atoms with Gasteiger partial charge in [-0.25, -0.2) is 0 Å². The Balaban J connectivity index is 2.49. The van der Waals surface area contributed by atoms with Crippen molar-refractivity contribution < 1.29 is 0 Å². The third-order valence-electron chi connectivity index (χ3n) is 1.91. The Morgan fingerprint density at radius 2 is 1.92 bits per heavy atom. The highest BCUT2D eigenvalue weighted by molar-refractivity contribution is 5.74. The van der Waals surface area contributed by atoms with Crippen LogP contribution in [0.3, 0.4) is 0 Å². The molecule has 66 valence electrons. The van der Waals surface area contributed by atoms with E-state index in [-0.39, 0.29) is 0 Å². The van der Waals surface area contributed by atoms with Crippen molar-refractivity contribution in [2.75, 3.05) is 7.05 Å². The van der Waals surface area contributed by atoms with Gasteiger partial charge in [-0.05, 0) is 24.7 Å². The number of hydrogen-bond donors (Lipinski definition) is 1. The zero-order chi connectivity index (χ0) is 9.10. The lowest BCUT2D eigenvalue weighted by molar-refractivity contribution is 0.818. The summed E-state index contributed by atoms with van der Waals surface area (Å²) in [5.41, 5.74) is 3.13. The summed E-state index contributed by atoms with van der Waals surface area (Å²) < 4.78 is 0. The molecule has 0 bridgehead atoms. The first-order valence-electron chi connectivity index (χ1n) is 4.24. The molecule has 0 aliphatic rings. The van der Waals surface area contributed by atoms with E-state index < -0.39 is 0 Å². The van der Waals surface area contributed by atoms with E-state index in [4.69, 9.17) is 0 Å². The number of nitrogens with one attached hydrogen (secondary N) is 1. The van der Waals surface area contributed by atoms with Gasteiger partial charge in [0.05, 0.1) is 11.0 Å². The van der Waals surface area contributed by atoms with Gasteiger partial charge in [0.1, 0.15) is 0 Å². The second-order valence-electron chi connectivity index (χ2n) is 2.91. The van der Waals surface area contributed by atoms with Gasteiger partial charge in [0.2, 0.25) is 0 Å². The second-order valence-corrected chi connectivity index (χ2v) is 2.91. The van der Waals surface area contributed by atoms with E-state index in [1.165, 1.54) is 5.56 Å². The van der Waals surface area contributed by atoms with Crippen LogP contribution in [0.1, 0.15) is 5.56 Å². The lowest BCUT2D eigenvalue weighted by Gasteiger charge is -2.00. The van der Waals surface area contributed by atoms with Crippen LogP contribution in [0.15, 0.2) is 30.6 Å². The minimum absolute atomic E-state index is 0.868. The zero-order valence-electron chi connectivity index (χ0n) is 7.49. The van der Waals surface area contributed by atoms with Crippen LogP contribution in [0.5, 0.6) is 0 Å². The normalized spacial score (nSPS) is 10.5. The zero-order valence-corrected chi connectivity index (χ0v) is 7.49. The molecule has 0 spiro atoms. The van der Waals surface area contributed by atoms with Gasteiger partial charge in [-0.1, -0.05) is 6.07 Å². The number of hydrogen-bond acceptors (Lipinski definition) is 3. The average molecular weight is 173 g/mol. The molecule has 1 N–H and O–H groups in total. The SMILES string of the molecule is CNCc1ccc2nccnc2c1. The lowest BCUT2D eigenvalue weighted by Crippen LogP contribution is -2.04. The quantitative estimate of drug-likeness (QED) is 0.745. The topological polar surface area (TPSA) is 37.8 Å². The highest BCUT2D eigenvalue weighted by atomic mass is 14.8. The van der Waals surface area contributed by atoms with Crippen molar-refractivity contribution in [3.05, 3.63) is 36.2 Å². The van der Waals surface area contributed by atoms with Crippen LogP contribution < -0.4 is 5.32 Å². The Bertz CT molecular complexity index is 412. The maximum atomic E-state index is 4.23. The smallest absolute Gasteiger partial charge is 0.0890 e. The molecule has 0 amide bonds. The molecule has 3 nitrogen and oxygen atoms in total. The molecule has 0 unspecified atom stereocenters. The molecule has 0 saturated heterocycles. The fourth-order valence-electron chi connectivity index (χ4n) is 1.32. The Morgan fingerprint density at radius 3 is 2.69 bits per heavy atom. The second kappa shape index (κ2) is 3.49. The number of benzene rings is 1. The lowest BCUT2D eigenvalue weighted by atomic mass is 10.2. The van der Waals surface area contributed by atoms with Crippen molar-refractivity contribution in [1.82, 2.24) is 15.3 Å². The highest BCUT2D eigenvalue weighted by Crippen LogP contribution is 2.10. The molecule has 0 saturated carbocycles. The van der Waals surface area contributed by atoms with Gasteiger partial charge in [0.15, 0.2) is 0 Å². The van der Waals surface area contributed by atoms with Crippen LogP contribution in [0, 0.1) is 0 Å². The van der Waals surface area contributed by atoms with E-state index in [1.807, 2.05) is 13.1 Å². The Kier molecular flexibility index (Phi) is 2.19. The molecule has 3 heteroatoms. The summed E-state index contributed by atoms with van der Waals surface area (Å²) in [6.07, 6.45) is 3.42. The third kappa shape index (κ3) is 1.65. The van der Waals surface area contributed by atoms with Gasteiger partial charge < -0.3 is 5.32 Å². The molecule has 2 aromatic rings. The van der Waals surface area contributed by atoms with E-state index >= 15 is 0 Å². The fourth-order valence-corrected chi connectivity index (χ4v) is 1.32. The first kappa shape index (κ1) is 8.13. The van der Waals surface area contributed by atoms with Gasteiger partial charge in [-0.3, -0.25) is 9.97 Å². The largest absolute Gasteiger partial charge is 0.316 e. The minimum atomic E-state index is 0.868. The van der Waals surface area contributed by atoms with Crippen molar-refractivity contribution in [2.24, 2.45) is 0 Å². The van der Waals surface area contributed by atoms with Gasteiger partial charge >= 0.3 is 0 Å². The van der Waals surface area contributed by atoms with Crippen molar-refractivity contribution in [3.8, 4) is 0 Å². The van der Waals surface area contributed by atoms with Crippen molar-refractivity contribution in [1.29, 1.82) is 0 Å². The van der Waals surface area contributed by atoms with Gasteiger partial charge in [0, 0.05) is 18.9 Å². The first-order chi connectivity index (χ1) is 6.40. The predicted molar refractivity (Wildman–Crippen MR) is 52.3 cm³/mol. The van der Waals surface area contributed by atoms with Crippen LogP contribution in [0.4, 0.5) is 0 Å². The number of fused-ring (bicyclic) bond motifs is 1. The monoisotopic (exact) mass is 173 g/mol. The Hall–Kier alpha value is -1.48. The molecule has 2 rings (SSSR count). The molecule has 1 aromatic carbocycles. The molecule has 0 radical (unpaired) electrons. The maximum absolute atomic E-state index is 4.23. The maximum Gasteiger partial charge on any atom is 0.0890 e. The number of nitrogens with zero attached hydrogens (tertiary/aromatic N) is 2. The molecular weight excluding hydrogens is 162 g/mol. The molecule has 0 atom stereocenters. The summed E-state index contributed by atoms with van der Waals surface area (Å²) in [4.78, 5) is 8.43. The standard InChI is InChI=1S/C10H11N3/c1-11-7-8-2-3-9-10(6-8)13-5-4-12-9/h2-6,11H,7H2,1H3. The predicted octanol–water partition coefficient (Wildman–Crippen LogP) is 1.35. The fraction of sp³-hybridized carbons (Fsp3) is 0.200. The van der Waals surface area contributed by atoms with Crippen LogP contribution >= 0.6 is 0 Å². The van der Waals surface area contributed by atoms with Crippen LogP contribution in [-0.2, 0) is 6.54 Å². The van der Waals surface area contributed by atoms with Gasteiger partial charge in [-0.15, -0.1) is 0 Å². The summed E-state index contributed by atoms with van der Waals surface area (Å²) in [5, 5.41) is 3.10. The first-order valence-corrected chi connectivity index (χ1v) is 4.24. The van der Waals surface area contributed by atoms with E-state index in [0.29, 0.717) is 0 Å². The number of rotatable bonds is 2. The molecular formula is C10H11N3. The van der Waals surface area contributed by atoms with Gasteiger partial charge in [-0.2, -0.15) is 0 Å². The van der Waals surface area contributed by atoms with Gasteiger partial charge in [0.25, 0.3) is 0 Å². The summed E-state index contributed by atoms with van der Waals surface area (Å²) in [5.74, 6) is 0. The molecule has 13 heavy (non-hydrogen) atoms. The summed E-state index contributed by atoms with van der Waals surface area (Å²) in [6.45, 7) is 0.868. The molecule has 0 aliphatic heterocycles. The number of aromatic nitrogens is 2. The Morgan fingerprint density at radius 1 is 1.15 bits per heavy atom. The van der Waals surface area contributed by atoms with E-state index in [9.17, 15) is 0 Å². The average Bonchev–Trinajstić information content (AvgIpc) is 2.18. The molecule has 0 fully saturated rings. The van der Waals surface area contributed by atoms with Crippen LogP contribution in [0.2, 0.25) is 0 Å². The van der Waals surface area contributed by atoms with Crippen molar-refractivity contribution in [3.63, 3.8) is 0 Å². The third-order valence-corrected chi connectivity index (χ3v) is 1.91. The molecule has 1 aromatic heterocycles. The molecule has 0 aliphatic carbocycles. The Labute approximate surface area is 76.8 Å². The van der Waals surface area contributed by atoms with Crippen molar-refractivity contribution in [2.45, 2.75) is 6.54 Å². The van der Waals surface area contributed by atoms with Crippen molar-refractivity contribution >= 4 is 11.0 Å². The summed E-state index contributed by atoms with van der Waals surface area (Å²) in [7, 11) is 1.93. The van der Waals surface area contributed by atoms with E-state index in [1.54, 1.807) is 12.4 Å². The van der Waals surface area contributed by atoms with E-state index in [2.05, 4.69) is 27.4 Å². The summed E-state index contributed by atoms with van der Waals surface area (Å²) in [6, 6.07) is 6.11. The van der Waals surface area contributed by atoms with Crippen LogP contribution in [0.25, 0.3) is 11.0 Å². The minimum Gasteiger partial charge on any atom is -0.316 e. The summed E-state index contributed by atoms with van der Waals surface area (Å²) >= 11 is 0. The molecule has 1 heterocycles. The van der Waals surface area contributed by atoms with E-state index in [0.717, 1.165) is 17.6 Å².